The molecule has 1 amide bonds. The van der Waals surface area contributed by atoms with Gasteiger partial charge in [0.25, 0.3) is 5.91 Å². The minimum absolute atomic E-state index is 0.268. The average molecular weight is 491 g/mol. The number of rotatable bonds is 5. The standard InChI is InChI=1S/C25H19ClN4O3S/c1-33-18-12-8-16(9-13-18)22(31)23-27-20-5-3-2-4-19(20)21-24(32)28-25(29-30(21)23)34-14-15-6-10-17(26)11-7-15/h2-13,23H,14H2,1H3,(H,28,29,32). The molecule has 5 rings (SSSR count). The first-order valence-electron chi connectivity index (χ1n) is 10.5. The van der Waals surface area contributed by atoms with E-state index in [0.717, 1.165) is 5.56 Å². The normalized spacial score (nSPS) is 16.6. The highest BCUT2D eigenvalue weighted by Crippen LogP contribution is 2.25. The molecule has 0 saturated carbocycles. The van der Waals surface area contributed by atoms with E-state index < -0.39 is 6.17 Å². The molecule has 9 heteroatoms. The lowest BCUT2D eigenvalue weighted by molar-refractivity contribution is -0.115. The summed E-state index contributed by atoms with van der Waals surface area (Å²) in [4.78, 5) is 31.3. The minimum Gasteiger partial charge on any atom is -0.497 e. The first kappa shape index (κ1) is 22.2. The number of Topliss-reactive ketones (excluding diaryl/α,β-unsaturated/α-hetero) is 1. The molecular formula is C25H19ClN4O3S. The number of para-hydroxylation sites is 1. The van der Waals surface area contributed by atoms with Crippen LogP contribution in [-0.2, 0) is 10.5 Å². The molecule has 2 aliphatic heterocycles. The summed E-state index contributed by atoms with van der Waals surface area (Å²) in [5.74, 6) is 0.620. The number of halogens is 1. The van der Waals surface area contributed by atoms with Crippen LogP contribution in [-0.4, -0.2) is 35.1 Å². The third-order valence-corrected chi connectivity index (χ3v) is 6.60. The van der Waals surface area contributed by atoms with E-state index in [1.807, 2.05) is 36.4 Å². The van der Waals surface area contributed by atoms with Crippen molar-refractivity contribution in [3.8, 4) is 5.75 Å². The Labute approximate surface area is 204 Å². The quantitative estimate of drug-likeness (QED) is 0.556. The molecular weight excluding hydrogens is 472 g/mol. The van der Waals surface area contributed by atoms with E-state index in [-0.39, 0.29) is 11.7 Å². The number of hydrazone groups is 1. The highest BCUT2D eigenvalue weighted by Gasteiger charge is 2.37. The van der Waals surface area contributed by atoms with Crippen LogP contribution >= 0.6 is 23.4 Å². The zero-order valence-corrected chi connectivity index (χ0v) is 19.6. The Morgan fingerprint density at radius 3 is 2.56 bits per heavy atom. The molecule has 7 nitrogen and oxygen atoms in total. The summed E-state index contributed by atoms with van der Waals surface area (Å²) in [7, 11) is 1.57. The summed E-state index contributed by atoms with van der Waals surface area (Å²) in [5, 5.41) is 11.2. The highest BCUT2D eigenvalue weighted by molar-refractivity contribution is 8.13. The molecule has 1 unspecified atom stereocenters. The van der Waals surface area contributed by atoms with Gasteiger partial charge < -0.3 is 4.74 Å². The monoisotopic (exact) mass is 490 g/mol. The highest BCUT2D eigenvalue weighted by atomic mass is 35.5. The van der Waals surface area contributed by atoms with Crippen LogP contribution in [0.1, 0.15) is 15.9 Å². The van der Waals surface area contributed by atoms with Crippen LogP contribution in [0.15, 0.2) is 82.9 Å². The van der Waals surface area contributed by atoms with Gasteiger partial charge in [0.1, 0.15) is 11.4 Å². The summed E-state index contributed by atoms with van der Waals surface area (Å²) in [5.41, 5.74) is 1.78. The number of benzene rings is 3. The molecule has 0 fully saturated rings. The zero-order valence-electron chi connectivity index (χ0n) is 18.1. The Morgan fingerprint density at radius 2 is 1.82 bits per heavy atom. The summed E-state index contributed by atoms with van der Waals surface area (Å²) in [6, 6.07) is 21.5. The maximum absolute atomic E-state index is 13.5. The molecule has 170 valence electrons. The lowest BCUT2D eigenvalue weighted by Crippen LogP contribution is -2.54. The second-order valence-electron chi connectivity index (χ2n) is 7.58. The lowest BCUT2D eigenvalue weighted by atomic mass is 10.1. The van der Waals surface area contributed by atoms with Crippen molar-refractivity contribution in [3.63, 3.8) is 0 Å². The van der Waals surface area contributed by atoms with Crippen LogP contribution < -0.4 is 20.6 Å². The zero-order chi connectivity index (χ0) is 23.7. The Bertz CT molecular complexity index is 1420. The number of nitrogens with zero attached hydrogens (tertiary/aromatic N) is 3. The van der Waals surface area contributed by atoms with E-state index in [0.29, 0.717) is 43.5 Å². The molecule has 0 spiro atoms. The van der Waals surface area contributed by atoms with E-state index in [2.05, 4.69) is 15.4 Å². The third kappa shape index (κ3) is 4.30. The SMILES string of the molecule is COc1ccc(C(=O)C2N=c3ccccc3=C3C(=O)NC(SCc4ccc(Cl)cc4)=NN32)cc1. The van der Waals surface area contributed by atoms with Crippen molar-refractivity contribution in [3.05, 3.63) is 99.5 Å². The van der Waals surface area contributed by atoms with Crippen molar-refractivity contribution < 1.29 is 14.3 Å². The number of amidine groups is 1. The number of methoxy groups -OCH3 is 1. The van der Waals surface area contributed by atoms with Gasteiger partial charge in [-0.15, -0.1) is 5.10 Å². The average Bonchev–Trinajstić information content (AvgIpc) is 2.87. The molecule has 1 N–H and O–H groups in total. The van der Waals surface area contributed by atoms with Crippen LogP contribution in [0.3, 0.4) is 0 Å². The molecule has 3 aromatic carbocycles. The number of nitrogens with one attached hydrogen (secondary N) is 1. The van der Waals surface area contributed by atoms with Crippen molar-refractivity contribution in [1.29, 1.82) is 0 Å². The van der Waals surface area contributed by atoms with Crippen molar-refractivity contribution in [2.45, 2.75) is 11.9 Å². The molecule has 0 radical (unpaired) electrons. The smallest absolute Gasteiger partial charge is 0.276 e. The van der Waals surface area contributed by atoms with Gasteiger partial charge in [-0.1, -0.05) is 53.7 Å². The second-order valence-corrected chi connectivity index (χ2v) is 8.98. The van der Waals surface area contributed by atoms with E-state index in [1.165, 1.54) is 16.8 Å². The van der Waals surface area contributed by atoms with Crippen molar-refractivity contribution in [2.24, 2.45) is 10.1 Å². The molecule has 3 aromatic rings. The Balaban J connectivity index is 1.52. The fourth-order valence-corrected chi connectivity index (χ4v) is 4.63. The number of hydrogen-bond acceptors (Lipinski definition) is 7. The first-order valence-corrected chi connectivity index (χ1v) is 11.8. The van der Waals surface area contributed by atoms with Crippen LogP contribution in [0.2, 0.25) is 5.02 Å². The van der Waals surface area contributed by atoms with Gasteiger partial charge in [-0.2, -0.15) is 0 Å². The summed E-state index contributed by atoms with van der Waals surface area (Å²) >= 11 is 7.33. The first-order chi connectivity index (χ1) is 16.5. The van der Waals surface area contributed by atoms with E-state index in [9.17, 15) is 9.59 Å². The maximum Gasteiger partial charge on any atom is 0.276 e. The Kier molecular flexibility index (Phi) is 6.08. The predicted molar refractivity (Wildman–Crippen MR) is 132 cm³/mol. The number of ketones is 1. The molecule has 1 atom stereocenters. The van der Waals surface area contributed by atoms with Gasteiger partial charge in [0.15, 0.2) is 5.17 Å². The van der Waals surface area contributed by atoms with Crippen molar-refractivity contribution >= 4 is 45.9 Å². The van der Waals surface area contributed by atoms with Gasteiger partial charge in [-0.25, -0.2) is 10.0 Å². The van der Waals surface area contributed by atoms with Gasteiger partial charge in [0.05, 0.1) is 12.5 Å². The number of thioether (sulfide) groups is 1. The van der Waals surface area contributed by atoms with Crippen LogP contribution in [0.25, 0.3) is 5.70 Å². The van der Waals surface area contributed by atoms with Gasteiger partial charge in [0.2, 0.25) is 11.9 Å². The molecule has 0 aliphatic carbocycles. The van der Waals surface area contributed by atoms with E-state index >= 15 is 0 Å². The van der Waals surface area contributed by atoms with Gasteiger partial charge in [-0.3, -0.25) is 14.9 Å². The minimum atomic E-state index is -1.00. The summed E-state index contributed by atoms with van der Waals surface area (Å²) in [6.07, 6.45) is -1.00. The third-order valence-electron chi connectivity index (χ3n) is 5.41. The molecule has 0 bridgehead atoms. The van der Waals surface area contributed by atoms with Crippen molar-refractivity contribution in [2.75, 3.05) is 7.11 Å². The van der Waals surface area contributed by atoms with Crippen LogP contribution in [0, 0.1) is 0 Å². The van der Waals surface area contributed by atoms with Gasteiger partial charge in [0, 0.05) is 21.6 Å². The van der Waals surface area contributed by atoms with Crippen molar-refractivity contribution in [1.82, 2.24) is 10.3 Å². The summed E-state index contributed by atoms with van der Waals surface area (Å²) < 4.78 is 5.19. The fraction of sp³-hybridized carbons (Fsp3) is 0.120. The number of ether oxygens (including phenoxy) is 1. The topological polar surface area (TPSA) is 83.4 Å². The summed E-state index contributed by atoms with van der Waals surface area (Å²) in [6.45, 7) is 0. The lowest BCUT2D eigenvalue weighted by Gasteiger charge is -2.33. The van der Waals surface area contributed by atoms with Crippen LogP contribution in [0.5, 0.6) is 5.75 Å². The number of fused-ring (bicyclic) bond motifs is 2. The second kappa shape index (κ2) is 9.32. The Hall–Kier alpha value is -3.62. The predicted octanol–water partition coefficient (Wildman–Crippen LogP) is 2.94. The van der Waals surface area contributed by atoms with E-state index in [1.54, 1.807) is 43.5 Å². The number of amides is 1. The molecule has 2 heterocycles. The Morgan fingerprint density at radius 1 is 1.09 bits per heavy atom. The molecule has 0 aromatic heterocycles. The molecule has 34 heavy (non-hydrogen) atoms. The van der Waals surface area contributed by atoms with Gasteiger partial charge in [-0.05, 0) is 48.0 Å². The molecule has 2 aliphatic rings. The van der Waals surface area contributed by atoms with Gasteiger partial charge >= 0.3 is 0 Å². The van der Waals surface area contributed by atoms with Crippen LogP contribution in [0.4, 0.5) is 0 Å². The number of carbonyl (C=O) groups excluding carboxylic acids is 2. The molecule has 0 saturated heterocycles. The number of hydrogen-bond donors (Lipinski definition) is 1. The largest absolute Gasteiger partial charge is 0.497 e. The fourth-order valence-electron chi connectivity index (χ4n) is 3.70. The van der Waals surface area contributed by atoms with E-state index in [4.69, 9.17) is 16.3 Å². The maximum atomic E-state index is 13.5. The number of carbonyl (C=O) groups is 2.